The Morgan fingerprint density at radius 1 is 0.825 bits per heavy atom. The lowest BCUT2D eigenvalue weighted by Crippen LogP contribution is -2.53. The van der Waals surface area contributed by atoms with Gasteiger partial charge in [0.05, 0.1) is 25.2 Å². The molecule has 0 amide bonds. The Bertz CT molecular complexity index is 991. The summed E-state index contributed by atoms with van der Waals surface area (Å²) in [5.41, 5.74) is 0.637. The van der Waals surface area contributed by atoms with E-state index >= 15 is 0 Å². The smallest absolute Gasteiger partial charge is 0.335 e. The van der Waals surface area contributed by atoms with Gasteiger partial charge < -0.3 is 14.7 Å². The van der Waals surface area contributed by atoms with Gasteiger partial charge in [-0.3, -0.25) is 29.1 Å². The summed E-state index contributed by atoms with van der Waals surface area (Å²) < 4.78 is 5.58. The molecule has 10 nitrogen and oxygen atoms in total. The Labute approximate surface area is 239 Å². The van der Waals surface area contributed by atoms with Crippen LogP contribution in [0.3, 0.4) is 0 Å². The number of nitrogens with zero attached hydrogens (tertiary/aromatic N) is 4. The molecule has 1 unspecified atom stereocenters. The van der Waals surface area contributed by atoms with Crippen LogP contribution in [-0.2, 0) is 25.5 Å². The van der Waals surface area contributed by atoms with Gasteiger partial charge in [0, 0.05) is 51.9 Å². The van der Waals surface area contributed by atoms with Crippen molar-refractivity contribution in [1.82, 2.24) is 19.6 Å². The van der Waals surface area contributed by atoms with E-state index in [1.807, 2.05) is 32.9 Å². The molecule has 224 valence electrons. The van der Waals surface area contributed by atoms with Crippen LogP contribution in [0.1, 0.15) is 57.5 Å². The largest absolute Gasteiger partial charge is 0.478 e. The number of ketones is 2. The third-order valence-electron chi connectivity index (χ3n) is 6.92. The SMILES string of the molecule is CCN1CCN(CC(=O)OC(C)(C)C)CCN(CC(C)=O)CC(Cc2ccc(C(=O)O)cc2)N(CC(C)=O)CC1. The average Bonchev–Trinajstić information content (AvgIpc) is 2.83. The maximum atomic E-state index is 12.7. The van der Waals surface area contributed by atoms with Crippen molar-refractivity contribution in [2.45, 2.75) is 59.6 Å². The van der Waals surface area contributed by atoms with E-state index in [-0.39, 0.29) is 42.2 Å². The zero-order chi connectivity index (χ0) is 29.9. The number of aromatic carboxylic acids is 1. The highest BCUT2D eigenvalue weighted by molar-refractivity contribution is 5.87. The summed E-state index contributed by atoms with van der Waals surface area (Å²) in [4.78, 5) is 57.3. The molecule has 0 spiro atoms. The molecule has 1 N–H and O–H groups in total. The van der Waals surface area contributed by atoms with Gasteiger partial charge in [0.2, 0.25) is 0 Å². The molecule has 1 aromatic rings. The number of likely N-dealkylation sites (N-methyl/N-ethyl adjacent to an activating group) is 1. The van der Waals surface area contributed by atoms with E-state index in [0.29, 0.717) is 45.7 Å². The molecule has 10 heteroatoms. The molecule has 40 heavy (non-hydrogen) atoms. The fraction of sp³-hybridized carbons (Fsp3) is 0.667. The fourth-order valence-corrected chi connectivity index (χ4v) is 4.98. The lowest BCUT2D eigenvalue weighted by Gasteiger charge is -2.38. The van der Waals surface area contributed by atoms with E-state index in [9.17, 15) is 24.3 Å². The summed E-state index contributed by atoms with van der Waals surface area (Å²) >= 11 is 0. The number of esters is 1. The van der Waals surface area contributed by atoms with E-state index < -0.39 is 11.6 Å². The van der Waals surface area contributed by atoms with Crippen molar-refractivity contribution in [3.05, 3.63) is 35.4 Å². The van der Waals surface area contributed by atoms with E-state index in [0.717, 1.165) is 25.2 Å². The molecule has 1 aliphatic rings. The highest BCUT2D eigenvalue weighted by Gasteiger charge is 2.26. The minimum Gasteiger partial charge on any atom is -0.478 e. The average molecular weight is 561 g/mol. The van der Waals surface area contributed by atoms with Crippen LogP contribution < -0.4 is 0 Å². The second-order valence-corrected chi connectivity index (χ2v) is 11.8. The molecule has 1 aliphatic heterocycles. The third-order valence-corrected chi connectivity index (χ3v) is 6.92. The molecule has 1 fully saturated rings. The molecule has 0 bridgehead atoms. The standard InChI is InChI=1S/C30H48N4O6/c1-7-31-12-13-32(22-28(37)40-30(4,5)6)14-15-33(19-23(2)35)21-27(34(17-16-31)20-24(3)36)18-25-8-10-26(11-9-25)29(38)39/h8-11,27H,7,12-22H2,1-6H3,(H,38,39). The van der Waals surface area contributed by atoms with Crippen molar-refractivity contribution in [1.29, 1.82) is 0 Å². The number of benzene rings is 1. The Kier molecular flexibility index (Phi) is 13.4. The van der Waals surface area contributed by atoms with Crippen LogP contribution in [0.25, 0.3) is 0 Å². The van der Waals surface area contributed by atoms with E-state index in [4.69, 9.17) is 4.74 Å². The van der Waals surface area contributed by atoms with E-state index in [2.05, 4.69) is 26.5 Å². The highest BCUT2D eigenvalue weighted by atomic mass is 16.6. The number of carbonyl (C=O) groups excluding carboxylic acids is 3. The monoisotopic (exact) mass is 560 g/mol. The van der Waals surface area contributed by atoms with Gasteiger partial charge in [0.15, 0.2) is 0 Å². The number of hydrogen-bond acceptors (Lipinski definition) is 9. The van der Waals surface area contributed by atoms with Gasteiger partial charge in [-0.1, -0.05) is 19.1 Å². The topological polar surface area (TPSA) is 111 Å². The van der Waals surface area contributed by atoms with Gasteiger partial charge in [-0.2, -0.15) is 0 Å². The maximum absolute atomic E-state index is 12.7. The van der Waals surface area contributed by atoms with Crippen molar-refractivity contribution < 1.29 is 29.0 Å². The van der Waals surface area contributed by atoms with Gasteiger partial charge in [-0.05, 0) is 65.3 Å². The Hall–Kier alpha value is -2.66. The van der Waals surface area contributed by atoms with Gasteiger partial charge in [-0.15, -0.1) is 0 Å². The molecule has 0 saturated carbocycles. The first kappa shape index (κ1) is 33.5. The van der Waals surface area contributed by atoms with Gasteiger partial charge in [0.25, 0.3) is 0 Å². The lowest BCUT2D eigenvalue weighted by atomic mass is 10.0. The summed E-state index contributed by atoms with van der Waals surface area (Å²) in [6.45, 7) is 17.0. The number of rotatable bonds is 10. The van der Waals surface area contributed by atoms with E-state index in [1.165, 1.54) is 0 Å². The number of carboxylic acids is 1. The zero-order valence-electron chi connectivity index (χ0n) is 25.1. The van der Waals surface area contributed by atoms with Gasteiger partial charge >= 0.3 is 11.9 Å². The molecular weight excluding hydrogens is 512 g/mol. The molecule has 2 rings (SSSR count). The first-order valence-corrected chi connectivity index (χ1v) is 14.2. The summed E-state index contributed by atoms with van der Waals surface area (Å²) in [6, 6.07) is 6.77. The van der Waals surface area contributed by atoms with Crippen LogP contribution in [0, 0.1) is 0 Å². The second-order valence-electron chi connectivity index (χ2n) is 11.8. The number of ether oxygens (including phenoxy) is 1. The van der Waals surface area contributed by atoms with Crippen molar-refractivity contribution >= 4 is 23.5 Å². The molecular formula is C30H48N4O6. The Balaban J connectivity index is 2.35. The number of carbonyl (C=O) groups is 4. The first-order chi connectivity index (χ1) is 18.8. The summed E-state index contributed by atoms with van der Waals surface area (Å²) in [6.07, 6.45) is 0.606. The third kappa shape index (κ3) is 12.7. The minimum absolute atomic E-state index is 0.0469. The highest BCUT2D eigenvalue weighted by Crippen LogP contribution is 2.15. The number of carboxylic acid groups (broad SMARTS) is 1. The fourth-order valence-electron chi connectivity index (χ4n) is 4.98. The second kappa shape index (κ2) is 16.0. The predicted molar refractivity (Wildman–Crippen MR) is 155 cm³/mol. The molecule has 1 atom stereocenters. The molecule has 1 saturated heterocycles. The van der Waals surface area contributed by atoms with Gasteiger partial charge in [-0.25, -0.2) is 4.79 Å². The quantitative estimate of drug-likeness (QED) is 0.427. The van der Waals surface area contributed by atoms with Crippen LogP contribution in [0.2, 0.25) is 0 Å². The number of hydrogen-bond donors (Lipinski definition) is 1. The van der Waals surface area contributed by atoms with Gasteiger partial charge in [0.1, 0.15) is 17.2 Å². The normalized spacial score (nSPS) is 19.4. The Morgan fingerprint density at radius 3 is 1.90 bits per heavy atom. The summed E-state index contributed by atoms with van der Waals surface area (Å²) in [5, 5.41) is 9.29. The van der Waals surface area contributed by atoms with Crippen LogP contribution in [0.15, 0.2) is 24.3 Å². The van der Waals surface area contributed by atoms with Crippen molar-refractivity contribution in [2.24, 2.45) is 0 Å². The molecule has 1 aromatic carbocycles. The minimum atomic E-state index is -0.973. The number of Topliss-reactive ketones (excluding diaryl/α,β-unsaturated/α-hetero) is 2. The maximum Gasteiger partial charge on any atom is 0.335 e. The molecule has 1 heterocycles. The summed E-state index contributed by atoms with van der Waals surface area (Å²) in [5.74, 6) is -1.12. The Morgan fingerprint density at radius 2 is 1.38 bits per heavy atom. The van der Waals surface area contributed by atoms with Crippen molar-refractivity contribution in [3.63, 3.8) is 0 Å². The summed E-state index contributed by atoms with van der Waals surface area (Å²) in [7, 11) is 0. The van der Waals surface area contributed by atoms with Crippen molar-refractivity contribution in [2.75, 3.05) is 72.0 Å². The van der Waals surface area contributed by atoms with Crippen LogP contribution in [0.5, 0.6) is 0 Å². The molecule has 0 aliphatic carbocycles. The predicted octanol–water partition coefficient (Wildman–Crippen LogP) is 2.06. The zero-order valence-corrected chi connectivity index (χ0v) is 25.1. The van der Waals surface area contributed by atoms with Crippen LogP contribution >= 0.6 is 0 Å². The van der Waals surface area contributed by atoms with Crippen LogP contribution in [0.4, 0.5) is 0 Å². The van der Waals surface area contributed by atoms with Crippen molar-refractivity contribution in [3.8, 4) is 0 Å². The first-order valence-electron chi connectivity index (χ1n) is 14.2. The van der Waals surface area contributed by atoms with Crippen LogP contribution in [-0.4, -0.2) is 132 Å². The molecule has 0 aromatic heterocycles. The lowest BCUT2D eigenvalue weighted by molar-refractivity contribution is -0.156. The molecule has 0 radical (unpaired) electrons. The van der Waals surface area contributed by atoms with E-state index in [1.54, 1.807) is 26.0 Å².